The van der Waals surface area contributed by atoms with Crippen molar-refractivity contribution in [1.29, 1.82) is 0 Å². The minimum atomic E-state index is -3.89. The Labute approximate surface area is 167 Å². The van der Waals surface area contributed by atoms with Crippen molar-refractivity contribution in [3.8, 4) is 0 Å². The summed E-state index contributed by atoms with van der Waals surface area (Å²) in [4.78, 5) is 22.7. The Hall–Kier alpha value is -3.72. The van der Waals surface area contributed by atoms with Gasteiger partial charge in [-0.1, -0.05) is 29.8 Å². The highest BCUT2D eigenvalue weighted by Crippen LogP contribution is 2.20. The van der Waals surface area contributed by atoms with E-state index in [0.717, 1.165) is 5.56 Å². The molecule has 0 aliphatic rings. The number of non-ortho nitro benzene ring substituents is 1. The summed E-state index contributed by atoms with van der Waals surface area (Å²) in [5, 5.41) is 13.4. The third kappa shape index (κ3) is 4.96. The Morgan fingerprint density at radius 1 is 0.931 bits per heavy atom. The number of benzene rings is 3. The lowest BCUT2D eigenvalue weighted by Gasteiger charge is -2.10. The van der Waals surface area contributed by atoms with Crippen LogP contribution in [-0.2, 0) is 10.0 Å². The summed E-state index contributed by atoms with van der Waals surface area (Å²) in [5.74, 6) is -0.585. The second kappa shape index (κ2) is 8.11. The van der Waals surface area contributed by atoms with Gasteiger partial charge in [0.15, 0.2) is 0 Å². The lowest BCUT2D eigenvalue weighted by atomic mass is 10.2. The van der Waals surface area contributed by atoms with E-state index in [1.807, 2.05) is 6.92 Å². The lowest BCUT2D eigenvalue weighted by Crippen LogP contribution is -2.16. The van der Waals surface area contributed by atoms with E-state index in [4.69, 9.17) is 0 Å². The van der Waals surface area contributed by atoms with E-state index < -0.39 is 20.9 Å². The molecule has 8 nitrogen and oxygen atoms in total. The molecule has 0 radical (unpaired) electrons. The zero-order valence-corrected chi connectivity index (χ0v) is 16.1. The van der Waals surface area contributed by atoms with Crippen LogP contribution in [-0.4, -0.2) is 19.2 Å². The van der Waals surface area contributed by atoms with Crippen molar-refractivity contribution in [2.45, 2.75) is 11.8 Å². The van der Waals surface area contributed by atoms with Gasteiger partial charge < -0.3 is 5.32 Å². The molecule has 3 aromatic rings. The molecule has 0 aliphatic carbocycles. The topological polar surface area (TPSA) is 118 Å². The Balaban J connectivity index is 1.81. The standard InChI is InChI=1S/C20H17N3O5S/c1-14-8-10-16(11-9-14)22-29(27,28)19-7-2-4-15(12-19)20(24)21-17-5-3-6-18(13-17)23(25)26/h2-13,22H,1H3,(H,21,24). The van der Waals surface area contributed by atoms with Gasteiger partial charge in [0.2, 0.25) is 0 Å². The summed E-state index contributed by atoms with van der Waals surface area (Å²) in [5.41, 5.74) is 1.56. The second-order valence-electron chi connectivity index (χ2n) is 6.26. The Bertz CT molecular complexity index is 1170. The third-order valence-corrected chi connectivity index (χ3v) is 5.40. The Kier molecular flexibility index (Phi) is 5.60. The molecule has 3 rings (SSSR count). The summed E-state index contributed by atoms with van der Waals surface area (Å²) in [6, 6.07) is 17.8. The van der Waals surface area contributed by atoms with Crippen LogP contribution in [0.4, 0.5) is 17.1 Å². The van der Waals surface area contributed by atoms with Gasteiger partial charge in [0.25, 0.3) is 21.6 Å². The number of hydrogen-bond donors (Lipinski definition) is 2. The molecule has 9 heteroatoms. The fourth-order valence-electron chi connectivity index (χ4n) is 2.54. The molecule has 1 amide bonds. The molecule has 0 spiro atoms. The van der Waals surface area contributed by atoms with E-state index in [1.54, 1.807) is 24.3 Å². The van der Waals surface area contributed by atoms with Crippen LogP contribution in [0.3, 0.4) is 0 Å². The zero-order chi connectivity index (χ0) is 21.0. The Morgan fingerprint density at radius 3 is 2.31 bits per heavy atom. The van der Waals surface area contributed by atoms with Gasteiger partial charge in [-0.2, -0.15) is 0 Å². The van der Waals surface area contributed by atoms with Gasteiger partial charge in [-0.25, -0.2) is 8.42 Å². The molecule has 0 aromatic heterocycles. The molecule has 0 saturated heterocycles. The van der Waals surface area contributed by atoms with Gasteiger partial charge in [-0.15, -0.1) is 0 Å². The van der Waals surface area contributed by atoms with Gasteiger partial charge in [0.05, 0.1) is 9.82 Å². The highest BCUT2D eigenvalue weighted by molar-refractivity contribution is 7.92. The predicted molar refractivity (Wildman–Crippen MR) is 109 cm³/mol. The van der Waals surface area contributed by atoms with Gasteiger partial charge in [-0.05, 0) is 43.3 Å². The normalized spacial score (nSPS) is 10.9. The third-order valence-electron chi connectivity index (χ3n) is 4.03. The van der Waals surface area contributed by atoms with Crippen molar-refractivity contribution in [3.63, 3.8) is 0 Å². The molecule has 0 saturated carbocycles. The van der Waals surface area contributed by atoms with Crippen LogP contribution in [0, 0.1) is 17.0 Å². The number of hydrogen-bond acceptors (Lipinski definition) is 5. The average molecular weight is 411 g/mol. The minimum absolute atomic E-state index is 0.0789. The van der Waals surface area contributed by atoms with Crippen molar-refractivity contribution in [2.75, 3.05) is 10.0 Å². The van der Waals surface area contributed by atoms with Gasteiger partial charge in [0, 0.05) is 29.1 Å². The number of aryl methyl sites for hydroxylation is 1. The number of carbonyl (C=O) groups is 1. The molecular formula is C20H17N3O5S. The predicted octanol–water partition coefficient (Wildman–Crippen LogP) is 3.96. The molecule has 0 unspecified atom stereocenters. The van der Waals surface area contributed by atoms with Crippen LogP contribution in [0.5, 0.6) is 0 Å². The average Bonchev–Trinajstić information content (AvgIpc) is 2.70. The molecule has 0 atom stereocenters. The van der Waals surface area contributed by atoms with Crippen molar-refractivity contribution in [1.82, 2.24) is 0 Å². The molecule has 0 aliphatic heterocycles. The summed E-state index contributed by atoms with van der Waals surface area (Å²) in [7, 11) is -3.89. The zero-order valence-electron chi connectivity index (χ0n) is 15.3. The largest absolute Gasteiger partial charge is 0.322 e. The maximum Gasteiger partial charge on any atom is 0.271 e. The quantitative estimate of drug-likeness (QED) is 0.470. The van der Waals surface area contributed by atoms with E-state index in [-0.39, 0.29) is 21.8 Å². The number of amides is 1. The number of nitro benzene ring substituents is 1. The first kappa shape index (κ1) is 20.0. The van der Waals surface area contributed by atoms with Crippen molar-refractivity contribution >= 4 is 33.0 Å². The SMILES string of the molecule is Cc1ccc(NS(=O)(=O)c2cccc(C(=O)Nc3cccc([N+](=O)[O-])c3)c2)cc1. The number of nitrogens with one attached hydrogen (secondary N) is 2. The van der Waals surface area contributed by atoms with E-state index in [2.05, 4.69) is 10.0 Å². The molecule has 0 heterocycles. The van der Waals surface area contributed by atoms with E-state index in [0.29, 0.717) is 5.69 Å². The first-order chi connectivity index (χ1) is 13.7. The highest BCUT2D eigenvalue weighted by Gasteiger charge is 2.17. The van der Waals surface area contributed by atoms with E-state index in [1.165, 1.54) is 48.5 Å². The number of nitrogens with zero attached hydrogens (tertiary/aromatic N) is 1. The molecule has 0 fully saturated rings. The number of nitro groups is 1. The summed E-state index contributed by atoms with van der Waals surface area (Å²) in [6.45, 7) is 1.89. The second-order valence-corrected chi connectivity index (χ2v) is 7.94. The maximum atomic E-state index is 12.6. The van der Waals surface area contributed by atoms with Crippen molar-refractivity contribution in [2.24, 2.45) is 0 Å². The molecule has 0 bridgehead atoms. The monoisotopic (exact) mass is 411 g/mol. The first-order valence-electron chi connectivity index (χ1n) is 8.50. The van der Waals surface area contributed by atoms with Crippen LogP contribution in [0.25, 0.3) is 0 Å². The molecular weight excluding hydrogens is 394 g/mol. The van der Waals surface area contributed by atoms with Crippen LogP contribution in [0.15, 0.2) is 77.7 Å². The van der Waals surface area contributed by atoms with Crippen LogP contribution in [0.1, 0.15) is 15.9 Å². The fourth-order valence-corrected chi connectivity index (χ4v) is 3.64. The number of anilines is 2. The smallest absolute Gasteiger partial charge is 0.271 e. The van der Waals surface area contributed by atoms with E-state index >= 15 is 0 Å². The van der Waals surface area contributed by atoms with Crippen molar-refractivity contribution < 1.29 is 18.1 Å². The maximum absolute atomic E-state index is 12.6. The number of sulfonamides is 1. The minimum Gasteiger partial charge on any atom is -0.322 e. The fraction of sp³-hybridized carbons (Fsp3) is 0.0500. The first-order valence-corrected chi connectivity index (χ1v) is 9.98. The number of rotatable bonds is 6. The van der Waals surface area contributed by atoms with Crippen molar-refractivity contribution in [3.05, 3.63) is 94.0 Å². The lowest BCUT2D eigenvalue weighted by molar-refractivity contribution is -0.384. The van der Waals surface area contributed by atoms with Gasteiger partial charge in [0.1, 0.15) is 0 Å². The Morgan fingerprint density at radius 2 is 1.62 bits per heavy atom. The molecule has 29 heavy (non-hydrogen) atoms. The highest BCUT2D eigenvalue weighted by atomic mass is 32.2. The van der Waals surface area contributed by atoms with Crippen LogP contribution < -0.4 is 10.0 Å². The van der Waals surface area contributed by atoms with Crippen LogP contribution >= 0.6 is 0 Å². The molecule has 3 aromatic carbocycles. The van der Waals surface area contributed by atoms with Gasteiger partial charge >= 0.3 is 0 Å². The molecule has 2 N–H and O–H groups in total. The number of carbonyl (C=O) groups excluding carboxylic acids is 1. The summed E-state index contributed by atoms with van der Waals surface area (Å²) >= 11 is 0. The summed E-state index contributed by atoms with van der Waals surface area (Å²) in [6.07, 6.45) is 0. The summed E-state index contributed by atoms with van der Waals surface area (Å²) < 4.78 is 27.7. The van der Waals surface area contributed by atoms with E-state index in [9.17, 15) is 23.3 Å². The van der Waals surface area contributed by atoms with Gasteiger partial charge in [-0.3, -0.25) is 19.6 Å². The molecule has 148 valence electrons. The van der Waals surface area contributed by atoms with Crippen LogP contribution in [0.2, 0.25) is 0 Å².